The van der Waals surface area contributed by atoms with Crippen LogP contribution in [0, 0.1) is 0 Å². The number of para-hydroxylation sites is 1. The Morgan fingerprint density at radius 2 is 1.75 bits per heavy atom. The molecule has 0 aliphatic carbocycles. The first-order valence-electron chi connectivity index (χ1n) is 7.74. The first-order chi connectivity index (χ1) is 11.6. The summed E-state index contributed by atoms with van der Waals surface area (Å²) in [5, 5.41) is 0. The average Bonchev–Trinajstić information content (AvgIpc) is 2.64. The lowest BCUT2D eigenvalue weighted by Gasteiger charge is -2.10. The van der Waals surface area contributed by atoms with E-state index in [4.69, 9.17) is 14.2 Å². The second-order valence-electron chi connectivity index (χ2n) is 5.17. The number of rotatable bonds is 7. The minimum absolute atomic E-state index is 0.158. The maximum absolute atomic E-state index is 12.6. The van der Waals surface area contributed by atoms with Crippen molar-refractivity contribution in [1.82, 2.24) is 0 Å². The van der Waals surface area contributed by atoms with Gasteiger partial charge < -0.3 is 14.2 Å². The van der Waals surface area contributed by atoms with Gasteiger partial charge in [-0.15, -0.1) is 0 Å². The fraction of sp³-hybridized carbons (Fsp3) is 0.250. The highest BCUT2D eigenvalue weighted by atomic mass is 16.5. The van der Waals surface area contributed by atoms with E-state index in [2.05, 4.69) is 6.92 Å². The van der Waals surface area contributed by atoms with Gasteiger partial charge in [0.15, 0.2) is 17.3 Å². The first-order valence-corrected chi connectivity index (χ1v) is 7.74. The molecule has 0 spiro atoms. The third-order valence-electron chi connectivity index (χ3n) is 3.79. The average molecular weight is 326 g/mol. The predicted octanol–water partition coefficient (Wildman–Crippen LogP) is 4.17. The van der Waals surface area contributed by atoms with Crippen molar-refractivity contribution in [3.63, 3.8) is 0 Å². The van der Waals surface area contributed by atoms with Crippen LogP contribution in [0.25, 0.3) is 6.08 Å². The Labute approximate surface area is 142 Å². The Morgan fingerprint density at radius 1 is 1.00 bits per heavy atom. The smallest absolute Gasteiger partial charge is 0.189 e. The van der Waals surface area contributed by atoms with Crippen molar-refractivity contribution in [2.75, 3.05) is 21.3 Å². The molecule has 0 N–H and O–H groups in total. The molecule has 0 atom stereocenters. The molecule has 0 unspecified atom stereocenters. The summed E-state index contributed by atoms with van der Waals surface area (Å²) in [7, 11) is 4.68. The standard InChI is InChI=1S/C20H22O4/c1-5-14-9-12-18(22-2)15(13-14)10-11-17(21)16-7-6-8-19(23-3)20(16)24-4/h6-13H,5H2,1-4H3/b11-10+. The maximum Gasteiger partial charge on any atom is 0.189 e. The van der Waals surface area contributed by atoms with Gasteiger partial charge in [0.25, 0.3) is 0 Å². The molecule has 2 aromatic carbocycles. The van der Waals surface area contributed by atoms with Crippen molar-refractivity contribution >= 4 is 11.9 Å². The van der Waals surface area contributed by atoms with E-state index in [9.17, 15) is 4.79 Å². The Hall–Kier alpha value is -2.75. The molecule has 0 heterocycles. The Bertz CT molecular complexity index is 747. The van der Waals surface area contributed by atoms with Crippen LogP contribution in [0.3, 0.4) is 0 Å². The molecular weight excluding hydrogens is 304 g/mol. The van der Waals surface area contributed by atoms with Gasteiger partial charge >= 0.3 is 0 Å². The number of allylic oxidation sites excluding steroid dienone is 1. The zero-order chi connectivity index (χ0) is 17.5. The van der Waals surface area contributed by atoms with Crippen LogP contribution >= 0.6 is 0 Å². The number of methoxy groups -OCH3 is 3. The van der Waals surface area contributed by atoms with E-state index in [1.165, 1.54) is 18.7 Å². The Balaban J connectivity index is 2.35. The summed E-state index contributed by atoms with van der Waals surface area (Å²) in [6.07, 6.45) is 4.20. The van der Waals surface area contributed by atoms with Crippen LogP contribution in [-0.2, 0) is 6.42 Å². The second-order valence-corrected chi connectivity index (χ2v) is 5.17. The van der Waals surface area contributed by atoms with Crippen LogP contribution < -0.4 is 14.2 Å². The van der Waals surface area contributed by atoms with Crippen molar-refractivity contribution in [1.29, 1.82) is 0 Å². The quantitative estimate of drug-likeness (QED) is 0.566. The highest BCUT2D eigenvalue weighted by molar-refractivity contribution is 6.09. The summed E-state index contributed by atoms with van der Waals surface area (Å²) in [6.45, 7) is 2.08. The number of ether oxygens (including phenoxy) is 3. The van der Waals surface area contributed by atoms with Crippen LogP contribution in [-0.4, -0.2) is 27.1 Å². The summed E-state index contributed by atoms with van der Waals surface area (Å²) >= 11 is 0. The fourth-order valence-electron chi connectivity index (χ4n) is 2.47. The summed E-state index contributed by atoms with van der Waals surface area (Å²) in [5.41, 5.74) is 2.51. The van der Waals surface area contributed by atoms with Crippen LogP contribution in [0.1, 0.15) is 28.4 Å². The third-order valence-corrected chi connectivity index (χ3v) is 3.79. The van der Waals surface area contributed by atoms with Gasteiger partial charge in [0, 0.05) is 5.56 Å². The van der Waals surface area contributed by atoms with Crippen molar-refractivity contribution in [3.8, 4) is 17.2 Å². The maximum atomic E-state index is 12.6. The molecule has 2 rings (SSSR count). The number of carbonyl (C=O) groups is 1. The minimum atomic E-state index is -0.158. The normalized spacial score (nSPS) is 10.7. The van der Waals surface area contributed by atoms with Crippen LogP contribution in [0.4, 0.5) is 0 Å². The SMILES string of the molecule is CCc1ccc(OC)c(/C=C/C(=O)c2cccc(OC)c2OC)c1. The molecule has 0 aliphatic rings. The highest BCUT2D eigenvalue weighted by Gasteiger charge is 2.14. The zero-order valence-corrected chi connectivity index (χ0v) is 14.5. The van der Waals surface area contributed by atoms with Gasteiger partial charge in [-0.1, -0.05) is 19.1 Å². The second kappa shape index (κ2) is 8.20. The molecule has 0 fully saturated rings. The van der Waals surface area contributed by atoms with E-state index in [0.29, 0.717) is 17.1 Å². The summed E-state index contributed by atoms with van der Waals surface area (Å²) in [5.74, 6) is 1.54. The van der Waals surface area contributed by atoms with Gasteiger partial charge in [-0.25, -0.2) is 0 Å². The van der Waals surface area contributed by atoms with Gasteiger partial charge in [0.1, 0.15) is 5.75 Å². The molecule has 2 aromatic rings. The molecule has 0 aliphatic heterocycles. The third kappa shape index (κ3) is 3.77. The zero-order valence-electron chi connectivity index (χ0n) is 14.5. The number of aryl methyl sites for hydroxylation is 1. The van der Waals surface area contributed by atoms with Crippen molar-refractivity contribution in [2.24, 2.45) is 0 Å². The topological polar surface area (TPSA) is 44.8 Å². The molecule has 0 bridgehead atoms. The lowest BCUT2D eigenvalue weighted by Crippen LogP contribution is -2.01. The fourth-order valence-corrected chi connectivity index (χ4v) is 2.47. The molecule has 0 amide bonds. The number of carbonyl (C=O) groups excluding carboxylic acids is 1. The van der Waals surface area contributed by atoms with Crippen molar-refractivity contribution in [3.05, 3.63) is 59.2 Å². The van der Waals surface area contributed by atoms with Crippen LogP contribution in [0.5, 0.6) is 17.2 Å². The minimum Gasteiger partial charge on any atom is -0.496 e. The van der Waals surface area contributed by atoms with E-state index in [-0.39, 0.29) is 5.78 Å². The number of benzene rings is 2. The van der Waals surface area contributed by atoms with E-state index < -0.39 is 0 Å². The van der Waals surface area contributed by atoms with E-state index in [1.807, 2.05) is 18.2 Å². The molecular formula is C20H22O4. The van der Waals surface area contributed by atoms with E-state index in [0.717, 1.165) is 17.7 Å². The molecule has 0 saturated heterocycles. The molecule has 4 heteroatoms. The molecule has 126 valence electrons. The Morgan fingerprint density at radius 3 is 2.38 bits per heavy atom. The summed E-state index contributed by atoms with van der Waals surface area (Å²) < 4.78 is 15.9. The first kappa shape index (κ1) is 17.6. The number of ketones is 1. The number of hydrogen-bond acceptors (Lipinski definition) is 4. The van der Waals surface area contributed by atoms with Crippen molar-refractivity contribution < 1.29 is 19.0 Å². The lowest BCUT2D eigenvalue weighted by molar-refractivity contribution is 0.104. The molecule has 0 saturated carbocycles. The molecule has 24 heavy (non-hydrogen) atoms. The van der Waals surface area contributed by atoms with Gasteiger partial charge in [0.2, 0.25) is 0 Å². The van der Waals surface area contributed by atoms with Gasteiger partial charge in [-0.3, -0.25) is 4.79 Å². The number of hydrogen-bond donors (Lipinski definition) is 0. The Kier molecular flexibility index (Phi) is 6.01. The van der Waals surface area contributed by atoms with Crippen LogP contribution in [0.2, 0.25) is 0 Å². The lowest BCUT2D eigenvalue weighted by atomic mass is 10.0. The van der Waals surface area contributed by atoms with Gasteiger partial charge in [-0.05, 0) is 48.4 Å². The van der Waals surface area contributed by atoms with E-state index in [1.54, 1.807) is 38.5 Å². The summed E-state index contributed by atoms with van der Waals surface area (Å²) in [4.78, 5) is 12.6. The molecule has 0 aromatic heterocycles. The van der Waals surface area contributed by atoms with Crippen LogP contribution in [0.15, 0.2) is 42.5 Å². The largest absolute Gasteiger partial charge is 0.496 e. The highest BCUT2D eigenvalue weighted by Crippen LogP contribution is 2.31. The molecule has 4 nitrogen and oxygen atoms in total. The monoisotopic (exact) mass is 326 g/mol. The van der Waals surface area contributed by atoms with Gasteiger partial charge in [0.05, 0.1) is 26.9 Å². The predicted molar refractivity (Wildman–Crippen MR) is 95.3 cm³/mol. The summed E-state index contributed by atoms with van der Waals surface area (Å²) in [6, 6.07) is 11.2. The van der Waals surface area contributed by atoms with E-state index >= 15 is 0 Å². The van der Waals surface area contributed by atoms with Crippen molar-refractivity contribution in [2.45, 2.75) is 13.3 Å². The molecule has 0 radical (unpaired) electrons. The van der Waals surface area contributed by atoms with Gasteiger partial charge in [-0.2, -0.15) is 0 Å².